The molecule has 24 heavy (non-hydrogen) atoms. The van der Waals surface area contributed by atoms with Crippen LogP contribution in [-0.2, 0) is 9.59 Å². The van der Waals surface area contributed by atoms with Crippen LogP contribution < -0.4 is 10.2 Å². The van der Waals surface area contributed by atoms with Crippen molar-refractivity contribution in [2.24, 2.45) is 0 Å². The summed E-state index contributed by atoms with van der Waals surface area (Å²) in [7, 11) is 0. The lowest BCUT2D eigenvalue weighted by Crippen LogP contribution is -2.32. The SMILES string of the molecule is O=C1C(Cl)=C(Nc2ccccc2F)C(=O)N1c1cc(Cl)ccc1Cl. The van der Waals surface area contributed by atoms with E-state index in [4.69, 9.17) is 34.8 Å². The van der Waals surface area contributed by atoms with Gasteiger partial charge in [0, 0.05) is 5.02 Å². The van der Waals surface area contributed by atoms with Gasteiger partial charge in [0.25, 0.3) is 11.8 Å². The molecule has 8 heteroatoms. The Morgan fingerprint density at radius 2 is 1.67 bits per heavy atom. The topological polar surface area (TPSA) is 49.4 Å². The van der Waals surface area contributed by atoms with Gasteiger partial charge >= 0.3 is 0 Å². The van der Waals surface area contributed by atoms with Crippen LogP contribution in [0.4, 0.5) is 15.8 Å². The Hall–Kier alpha value is -2.08. The van der Waals surface area contributed by atoms with E-state index in [1.165, 1.54) is 36.4 Å². The zero-order chi connectivity index (χ0) is 17.4. The van der Waals surface area contributed by atoms with Gasteiger partial charge in [-0.1, -0.05) is 46.9 Å². The molecule has 0 unspecified atom stereocenters. The molecule has 0 saturated heterocycles. The van der Waals surface area contributed by atoms with Crippen molar-refractivity contribution in [3.8, 4) is 0 Å². The number of amides is 2. The van der Waals surface area contributed by atoms with E-state index in [-0.39, 0.29) is 27.1 Å². The maximum Gasteiger partial charge on any atom is 0.283 e. The maximum absolute atomic E-state index is 13.8. The fourth-order valence-electron chi connectivity index (χ4n) is 2.18. The molecular weight excluding hydrogens is 378 g/mol. The standard InChI is InChI=1S/C16H8Cl3FN2O2/c17-8-5-6-9(18)12(7-8)22-15(23)13(19)14(16(22)24)21-11-4-2-1-3-10(11)20/h1-7,21H. The molecule has 0 saturated carbocycles. The van der Waals surface area contributed by atoms with Gasteiger partial charge in [0.15, 0.2) is 0 Å². The molecule has 2 aromatic rings. The van der Waals surface area contributed by atoms with Gasteiger partial charge in [-0.25, -0.2) is 9.29 Å². The number of para-hydroxylation sites is 1. The van der Waals surface area contributed by atoms with Crippen LogP contribution in [0.3, 0.4) is 0 Å². The van der Waals surface area contributed by atoms with E-state index in [0.717, 1.165) is 4.90 Å². The molecule has 0 aromatic heterocycles. The summed E-state index contributed by atoms with van der Waals surface area (Å²) in [5.74, 6) is -2.11. The number of rotatable bonds is 3. The summed E-state index contributed by atoms with van der Waals surface area (Å²) in [5, 5.41) is 2.64. The summed E-state index contributed by atoms with van der Waals surface area (Å²) in [6, 6.07) is 10.0. The first-order valence-electron chi connectivity index (χ1n) is 6.65. The summed E-state index contributed by atoms with van der Waals surface area (Å²) in [4.78, 5) is 25.7. The molecule has 1 aliphatic heterocycles. The molecule has 0 aliphatic carbocycles. The molecule has 2 aromatic carbocycles. The average molecular weight is 386 g/mol. The van der Waals surface area contributed by atoms with E-state index in [1.54, 1.807) is 6.07 Å². The molecule has 1 N–H and O–H groups in total. The molecule has 2 amide bonds. The molecular formula is C16H8Cl3FN2O2. The van der Waals surface area contributed by atoms with E-state index >= 15 is 0 Å². The Morgan fingerprint density at radius 1 is 0.958 bits per heavy atom. The largest absolute Gasteiger partial charge is 0.347 e. The minimum Gasteiger partial charge on any atom is -0.347 e. The predicted octanol–water partition coefficient (Wildman–Crippen LogP) is 4.57. The third-order valence-corrected chi connectivity index (χ3v) is 4.22. The molecule has 122 valence electrons. The average Bonchev–Trinajstić information content (AvgIpc) is 2.76. The maximum atomic E-state index is 13.8. The molecule has 0 radical (unpaired) electrons. The summed E-state index contributed by atoms with van der Waals surface area (Å²) < 4.78 is 13.8. The summed E-state index contributed by atoms with van der Waals surface area (Å²) in [6.07, 6.45) is 0. The van der Waals surface area contributed by atoms with Gasteiger partial charge in [0.05, 0.1) is 16.4 Å². The van der Waals surface area contributed by atoms with E-state index in [0.29, 0.717) is 5.02 Å². The van der Waals surface area contributed by atoms with Crippen LogP contribution in [0.5, 0.6) is 0 Å². The Balaban J connectivity index is 1.99. The lowest BCUT2D eigenvalue weighted by molar-refractivity contribution is -0.120. The van der Waals surface area contributed by atoms with E-state index < -0.39 is 17.6 Å². The van der Waals surface area contributed by atoms with Gasteiger partial charge in [0.1, 0.15) is 16.5 Å². The monoisotopic (exact) mass is 384 g/mol. The first-order chi connectivity index (χ1) is 11.4. The first kappa shape index (κ1) is 16.8. The molecule has 3 rings (SSSR count). The van der Waals surface area contributed by atoms with E-state index in [9.17, 15) is 14.0 Å². The highest BCUT2D eigenvalue weighted by Gasteiger charge is 2.40. The molecule has 0 bridgehead atoms. The highest BCUT2D eigenvalue weighted by atomic mass is 35.5. The third-order valence-electron chi connectivity index (χ3n) is 3.31. The number of imide groups is 1. The van der Waals surface area contributed by atoms with Crippen molar-refractivity contribution < 1.29 is 14.0 Å². The normalized spacial score (nSPS) is 14.6. The minimum absolute atomic E-state index is 0.0193. The molecule has 0 fully saturated rings. The molecule has 1 aliphatic rings. The Labute approximate surface area is 151 Å². The first-order valence-corrected chi connectivity index (χ1v) is 7.78. The van der Waals surface area contributed by atoms with Crippen LogP contribution in [0.15, 0.2) is 53.2 Å². The molecule has 4 nitrogen and oxygen atoms in total. The van der Waals surface area contributed by atoms with Crippen molar-refractivity contribution in [2.75, 3.05) is 10.2 Å². The summed E-state index contributed by atoms with van der Waals surface area (Å²) in [5.41, 5.74) is -0.115. The second-order valence-electron chi connectivity index (χ2n) is 4.84. The van der Waals surface area contributed by atoms with Gasteiger partial charge in [-0.15, -0.1) is 0 Å². The number of carbonyl (C=O) groups excluding carboxylic acids is 2. The highest BCUT2D eigenvalue weighted by Crippen LogP contribution is 2.35. The van der Waals surface area contributed by atoms with Gasteiger partial charge in [-0.2, -0.15) is 0 Å². The van der Waals surface area contributed by atoms with Gasteiger partial charge < -0.3 is 5.32 Å². The number of nitrogens with one attached hydrogen (secondary N) is 1. The quantitative estimate of drug-likeness (QED) is 0.788. The summed E-state index contributed by atoms with van der Waals surface area (Å²) >= 11 is 17.9. The number of anilines is 2. The lowest BCUT2D eigenvalue weighted by atomic mass is 10.2. The number of hydrogen-bond donors (Lipinski definition) is 1. The van der Waals surface area contributed by atoms with E-state index in [2.05, 4.69) is 5.32 Å². The number of benzene rings is 2. The van der Waals surface area contributed by atoms with Crippen LogP contribution >= 0.6 is 34.8 Å². The second-order valence-corrected chi connectivity index (χ2v) is 6.06. The zero-order valence-corrected chi connectivity index (χ0v) is 14.1. The third kappa shape index (κ3) is 2.86. The number of hydrogen-bond acceptors (Lipinski definition) is 3. The number of carbonyl (C=O) groups is 2. The van der Waals surface area contributed by atoms with Crippen LogP contribution in [0, 0.1) is 5.82 Å². The van der Waals surface area contributed by atoms with Crippen LogP contribution in [0.2, 0.25) is 10.0 Å². The van der Waals surface area contributed by atoms with Crippen molar-refractivity contribution in [1.82, 2.24) is 0 Å². The highest BCUT2D eigenvalue weighted by molar-refractivity contribution is 6.54. The Kier molecular flexibility index (Phi) is 4.49. The van der Waals surface area contributed by atoms with E-state index in [1.807, 2.05) is 0 Å². The second kappa shape index (κ2) is 6.43. The minimum atomic E-state index is -0.773. The van der Waals surface area contributed by atoms with Crippen molar-refractivity contribution in [1.29, 1.82) is 0 Å². The fraction of sp³-hybridized carbons (Fsp3) is 0. The Bertz CT molecular complexity index is 899. The van der Waals surface area contributed by atoms with Crippen molar-refractivity contribution >= 4 is 58.0 Å². The number of nitrogens with zero attached hydrogens (tertiary/aromatic N) is 1. The fourth-order valence-corrected chi connectivity index (χ4v) is 2.77. The van der Waals surface area contributed by atoms with Crippen molar-refractivity contribution in [2.45, 2.75) is 0 Å². The van der Waals surface area contributed by atoms with Crippen LogP contribution in [0.25, 0.3) is 0 Å². The van der Waals surface area contributed by atoms with Gasteiger partial charge in [-0.05, 0) is 30.3 Å². The van der Waals surface area contributed by atoms with Gasteiger partial charge in [-0.3, -0.25) is 9.59 Å². The molecule has 0 spiro atoms. The van der Waals surface area contributed by atoms with Crippen LogP contribution in [0.1, 0.15) is 0 Å². The predicted molar refractivity (Wildman–Crippen MR) is 91.9 cm³/mol. The molecule has 1 heterocycles. The summed E-state index contributed by atoms with van der Waals surface area (Å²) in [6.45, 7) is 0. The van der Waals surface area contributed by atoms with Crippen molar-refractivity contribution in [3.05, 3.63) is 69.1 Å². The molecule has 0 atom stereocenters. The lowest BCUT2D eigenvalue weighted by Gasteiger charge is -2.17. The zero-order valence-electron chi connectivity index (χ0n) is 11.8. The Morgan fingerprint density at radius 3 is 2.38 bits per heavy atom. The number of halogens is 4. The van der Waals surface area contributed by atoms with Gasteiger partial charge in [0.2, 0.25) is 0 Å². The van der Waals surface area contributed by atoms with Crippen molar-refractivity contribution in [3.63, 3.8) is 0 Å². The smallest absolute Gasteiger partial charge is 0.283 e. The van der Waals surface area contributed by atoms with Crippen LogP contribution in [-0.4, -0.2) is 11.8 Å².